The van der Waals surface area contributed by atoms with Gasteiger partial charge in [-0.25, -0.2) is 4.98 Å². The summed E-state index contributed by atoms with van der Waals surface area (Å²) in [4.78, 5) is 4.35. The van der Waals surface area contributed by atoms with Gasteiger partial charge in [0, 0.05) is 25.0 Å². The molecule has 1 atom stereocenters. The molecule has 0 spiro atoms. The van der Waals surface area contributed by atoms with E-state index in [9.17, 15) is 0 Å². The summed E-state index contributed by atoms with van der Waals surface area (Å²) in [7, 11) is 0. The molecule has 0 aliphatic heterocycles. The predicted molar refractivity (Wildman–Crippen MR) is 69.1 cm³/mol. The normalized spacial score (nSPS) is 12.8. The fourth-order valence-electron chi connectivity index (χ4n) is 1.74. The standard InChI is InChI=1S/C13H20N4O/c1-10(5-8-17-7-4-6-15-17)14-9-13-16-11(2)12(3)18-13/h4,6-7,10,14H,5,8-9H2,1-3H3/t10-/m1/s1. The van der Waals surface area contributed by atoms with Crippen molar-refractivity contribution in [1.29, 1.82) is 0 Å². The molecular formula is C13H20N4O. The van der Waals surface area contributed by atoms with E-state index in [1.54, 1.807) is 6.20 Å². The molecule has 0 bridgehead atoms. The molecule has 0 aromatic carbocycles. The molecule has 2 aromatic heterocycles. The average Bonchev–Trinajstić information content (AvgIpc) is 2.95. The van der Waals surface area contributed by atoms with E-state index in [0.29, 0.717) is 12.6 Å². The van der Waals surface area contributed by atoms with E-state index in [1.165, 1.54) is 0 Å². The van der Waals surface area contributed by atoms with Crippen molar-refractivity contribution in [2.24, 2.45) is 0 Å². The highest BCUT2D eigenvalue weighted by molar-refractivity contribution is 5.05. The monoisotopic (exact) mass is 248 g/mol. The maximum atomic E-state index is 5.52. The van der Waals surface area contributed by atoms with Crippen LogP contribution >= 0.6 is 0 Å². The van der Waals surface area contributed by atoms with Crippen LogP contribution in [0.15, 0.2) is 22.9 Å². The van der Waals surface area contributed by atoms with Gasteiger partial charge in [0.05, 0.1) is 12.2 Å². The fourth-order valence-corrected chi connectivity index (χ4v) is 1.74. The van der Waals surface area contributed by atoms with Gasteiger partial charge in [0.25, 0.3) is 0 Å². The summed E-state index contributed by atoms with van der Waals surface area (Å²) in [5.41, 5.74) is 0.969. The number of rotatable bonds is 6. The quantitative estimate of drug-likeness (QED) is 0.850. The Bertz CT molecular complexity index is 456. The topological polar surface area (TPSA) is 55.9 Å². The smallest absolute Gasteiger partial charge is 0.208 e. The molecule has 18 heavy (non-hydrogen) atoms. The summed E-state index contributed by atoms with van der Waals surface area (Å²) in [6, 6.07) is 2.35. The van der Waals surface area contributed by atoms with Crippen LogP contribution in [-0.2, 0) is 13.1 Å². The average molecular weight is 248 g/mol. The van der Waals surface area contributed by atoms with Crippen LogP contribution in [0.3, 0.4) is 0 Å². The highest BCUT2D eigenvalue weighted by Gasteiger charge is 2.07. The van der Waals surface area contributed by atoms with Gasteiger partial charge in [-0.05, 0) is 33.3 Å². The van der Waals surface area contributed by atoms with E-state index in [2.05, 4.69) is 22.3 Å². The van der Waals surface area contributed by atoms with Crippen molar-refractivity contribution >= 4 is 0 Å². The molecule has 0 fully saturated rings. The fraction of sp³-hybridized carbons (Fsp3) is 0.538. The van der Waals surface area contributed by atoms with Crippen molar-refractivity contribution in [3.63, 3.8) is 0 Å². The van der Waals surface area contributed by atoms with E-state index in [0.717, 1.165) is 30.3 Å². The van der Waals surface area contributed by atoms with E-state index < -0.39 is 0 Å². The van der Waals surface area contributed by atoms with Gasteiger partial charge in [-0.15, -0.1) is 0 Å². The lowest BCUT2D eigenvalue weighted by Crippen LogP contribution is -2.27. The Morgan fingerprint density at radius 3 is 2.89 bits per heavy atom. The molecule has 98 valence electrons. The Balaban J connectivity index is 1.73. The second kappa shape index (κ2) is 5.82. The second-order valence-corrected chi connectivity index (χ2v) is 4.59. The largest absolute Gasteiger partial charge is 0.444 e. The van der Waals surface area contributed by atoms with Crippen LogP contribution < -0.4 is 5.32 Å². The number of hydrogen-bond donors (Lipinski definition) is 1. The Morgan fingerprint density at radius 1 is 1.44 bits per heavy atom. The van der Waals surface area contributed by atoms with Crippen LogP contribution in [0.1, 0.15) is 30.7 Å². The number of aryl methyl sites for hydroxylation is 3. The Hall–Kier alpha value is -1.62. The molecule has 0 saturated heterocycles. The molecule has 2 heterocycles. The first-order valence-electron chi connectivity index (χ1n) is 6.29. The Morgan fingerprint density at radius 2 is 2.28 bits per heavy atom. The maximum Gasteiger partial charge on any atom is 0.208 e. The highest BCUT2D eigenvalue weighted by Crippen LogP contribution is 2.08. The lowest BCUT2D eigenvalue weighted by Gasteiger charge is -2.12. The third-order valence-corrected chi connectivity index (χ3v) is 3.02. The molecule has 0 unspecified atom stereocenters. The Labute approximate surface area is 107 Å². The van der Waals surface area contributed by atoms with Crippen molar-refractivity contribution in [2.75, 3.05) is 0 Å². The summed E-state index contributed by atoms with van der Waals surface area (Å²) in [5, 5.41) is 7.58. The van der Waals surface area contributed by atoms with Crippen LogP contribution in [-0.4, -0.2) is 20.8 Å². The van der Waals surface area contributed by atoms with Gasteiger partial charge in [-0.2, -0.15) is 5.10 Å². The van der Waals surface area contributed by atoms with Gasteiger partial charge in [-0.1, -0.05) is 0 Å². The van der Waals surface area contributed by atoms with Crippen LogP contribution in [0.4, 0.5) is 0 Å². The molecule has 5 nitrogen and oxygen atoms in total. The zero-order chi connectivity index (χ0) is 13.0. The van der Waals surface area contributed by atoms with Crippen molar-refractivity contribution in [1.82, 2.24) is 20.1 Å². The van der Waals surface area contributed by atoms with Crippen LogP contribution in [0, 0.1) is 13.8 Å². The highest BCUT2D eigenvalue weighted by atomic mass is 16.4. The first kappa shape index (κ1) is 12.8. The minimum Gasteiger partial charge on any atom is -0.444 e. The number of hydrogen-bond acceptors (Lipinski definition) is 4. The SMILES string of the molecule is Cc1nc(CN[C@H](C)CCn2cccn2)oc1C. The van der Waals surface area contributed by atoms with E-state index in [4.69, 9.17) is 4.42 Å². The lowest BCUT2D eigenvalue weighted by molar-refractivity contribution is 0.405. The molecule has 0 radical (unpaired) electrons. The molecule has 0 aliphatic carbocycles. The van der Waals surface area contributed by atoms with Crippen LogP contribution in [0.5, 0.6) is 0 Å². The third kappa shape index (κ3) is 3.43. The molecule has 2 aromatic rings. The zero-order valence-corrected chi connectivity index (χ0v) is 11.2. The van der Waals surface area contributed by atoms with E-state index >= 15 is 0 Å². The van der Waals surface area contributed by atoms with Crippen molar-refractivity contribution in [3.8, 4) is 0 Å². The molecule has 1 N–H and O–H groups in total. The van der Waals surface area contributed by atoms with Crippen molar-refractivity contribution in [2.45, 2.75) is 46.3 Å². The van der Waals surface area contributed by atoms with Crippen molar-refractivity contribution < 1.29 is 4.42 Å². The molecule has 0 saturated carbocycles. The minimum atomic E-state index is 0.404. The lowest BCUT2D eigenvalue weighted by atomic mass is 10.2. The molecule has 2 rings (SSSR count). The molecule has 0 amide bonds. The zero-order valence-electron chi connectivity index (χ0n) is 11.2. The van der Waals surface area contributed by atoms with E-state index in [1.807, 2.05) is 30.8 Å². The number of nitrogens with zero attached hydrogens (tertiary/aromatic N) is 3. The summed E-state index contributed by atoms with van der Waals surface area (Å²) in [6.07, 6.45) is 4.81. The molecule has 5 heteroatoms. The number of oxazole rings is 1. The first-order valence-corrected chi connectivity index (χ1v) is 6.29. The van der Waals surface area contributed by atoms with Gasteiger partial charge >= 0.3 is 0 Å². The van der Waals surface area contributed by atoms with Crippen LogP contribution in [0.25, 0.3) is 0 Å². The predicted octanol–water partition coefficient (Wildman–Crippen LogP) is 2.06. The Kier molecular flexibility index (Phi) is 4.15. The summed E-state index contributed by atoms with van der Waals surface area (Å²) in [6.45, 7) is 7.66. The number of nitrogens with one attached hydrogen (secondary N) is 1. The third-order valence-electron chi connectivity index (χ3n) is 3.02. The summed E-state index contributed by atoms with van der Waals surface area (Å²) < 4.78 is 7.47. The van der Waals surface area contributed by atoms with Gasteiger partial charge in [0.15, 0.2) is 0 Å². The van der Waals surface area contributed by atoms with Crippen molar-refractivity contribution in [3.05, 3.63) is 35.8 Å². The molecular weight excluding hydrogens is 228 g/mol. The van der Waals surface area contributed by atoms with Gasteiger partial charge in [0.1, 0.15) is 5.76 Å². The summed E-state index contributed by atoms with van der Waals surface area (Å²) >= 11 is 0. The van der Waals surface area contributed by atoms with Gasteiger partial charge < -0.3 is 9.73 Å². The first-order chi connectivity index (χ1) is 8.65. The van der Waals surface area contributed by atoms with Crippen LogP contribution in [0.2, 0.25) is 0 Å². The second-order valence-electron chi connectivity index (χ2n) is 4.59. The van der Waals surface area contributed by atoms with Gasteiger partial charge in [0.2, 0.25) is 5.89 Å². The maximum absolute atomic E-state index is 5.52. The van der Waals surface area contributed by atoms with E-state index in [-0.39, 0.29) is 0 Å². The number of aromatic nitrogens is 3. The van der Waals surface area contributed by atoms with Gasteiger partial charge in [-0.3, -0.25) is 4.68 Å². The minimum absolute atomic E-state index is 0.404. The molecule has 0 aliphatic rings. The summed E-state index contributed by atoms with van der Waals surface area (Å²) in [5.74, 6) is 1.66.